The Morgan fingerprint density at radius 3 is 2.25 bits per heavy atom. The molecule has 0 aromatic rings. The number of hydrogen-bond acceptors (Lipinski definition) is 1. The highest BCUT2D eigenvalue weighted by Gasteiger charge is 2.22. The summed E-state index contributed by atoms with van der Waals surface area (Å²) in [6.07, 6.45) is 0. The largest absolute Gasteiger partial charge is 0.192 e. The first-order valence-corrected chi connectivity index (χ1v) is 2.47. The molecule has 0 heterocycles. The molecule has 0 fully saturated rings. The van der Waals surface area contributed by atoms with E-state index >= 15 is 0 Å². The van der Waals surface area contributed by atoms with Gasteiger partial charge in [-0.05, 0) is 0 Å². The second-order valence-electron chi connectivity index (χ2n) is 1.84. The van der Waals surface area contributed by atoms with Gasteiger partial charge in [0.25, 0.3) is 0 Å². The van der Waals surface area contributed by atoms with E-state index in [1.807, 2.05) is 18.2 Å². The molecule has 0 N–H and O–H groups in total. The van der Waals surface area contributed by atoms with E-state index in [2.05, 4.69) is 6.07 Å². The van der Waals surface area contributed by atoms with Gasteiger partial charge in [-0.3, -0.25) is 0 Å². The number of benzene rings is 1. The Hall–Kier alpha value is -1.29. The van der Waals surface area contributed by atoms with Gasteiger partial charge in [-0.15, -0.1) is 0 Å². The van der Waals surface area contributed by atoms with Crippen LogP contribution in [-0.4, -0.2) is 0 Å². The lowest BCUT2D eigenvalue weighted by molar-refractivity contribution is 1.53. The topological polar surface area (TPSA) is 23.8 Å². The van der Waals surface area contributed by atoms with E-state index in [0.717, 1.165) is 16.7 Å². The Balaban J connectivity index is 2.68. The van der Waals surface area contributed by atoms with Crippen molar-refractivity contribution < 1.29 is 0 Å². The zero-order valence-electron chi connectivity index (χ0n) is 4.18. The fourth-order valence-electron chi connectivity index (χ4n) is 0.924. The molecule has 2 aliphatic rings. The molecule has 0 unspecified atom stereocenters. The van der Waals surface area contributed by atoms with E-state index < -0.39 is 0 Å². The van der Waals surface area contributed by atoms with Gasteiger partial charge in [0.15, 0.2) is 0 Å². The average Bonchev–Trinajstić information content (AvgIpc) is 2.22. The third-order valence-electron chi connectivity index (χ3n) is 1.40. The molecule has 8 heavy (non-hydrogen) atoms. The highest BCUT2D eigenvalue weighted by molar-refractivity contribution is 5.93. The monoisotopic (exact) mass is 101 g/mol. The Labute approximate surface area is 47.2 Å². The maximum absolute atomic E-state index is 8.33. The fraction of sp³-hybridized carbons (Fsp3) is 0. The van der Waals surface area contributed by atoms with E-state index in [9.17, 15) is 0 Å². The van der Waals surface area contributed by atoms with Crippen LogP contribution in [0.4, 0.5) is 0 Å². The summed E-state index contributed by atoms with van der Waals surface area (Å²) in [7, 11) is 0. The number of nitriles is 1. The average molecular weight is 101 g/mol. The molecule has 36 valence electrons. The van der Waals surface area contributed by atoms with Gasteiger partial charge < -0.3 is 0 Å². The molecule has 1 nitrogen and oxygen atoms in total. The summed E-state index contributed by atoms with van der Waals surface area (Å²) in [5, 5.41) is 8.33. The lowest BCUT2D eigenvalue weighted by Gasteiger charge is -1.55. The molecule has 0 radical (unpaired) electrons. The van der Waals surface area contributed by atoms with Crippen molar-refractivity contribution in [2.45, 2.75) is 0 Å². The SMILES string of the molecule is N#Cc1c2cccc1-2. The van der Waals surface area contributed by atoms with Gasteiger partial charge >= 0.3 is 0 Å². The zero-order valence-corrected chi connectivity index (χ0v) is 4.18. The van der Waals surface area contributed by atoms with E-state index in [1.54, 1.807) is 0 Å². The van der Waals surface area contributed by atoms with Crippen molar-refractivity contribution in [3.8, 4) is 17.2 Å². The molecule has 2 aliphatic carbocycles. The predicted molar refractivity (Wildman–Crippen MR) is 30.2 cm³/mol. The third kappa shape index (κ3) is 0.232. The van der Waals surface area contributed by atoms with Gasteiger partial charge in [0.05, 0.1) is 5.56 Å². The molecular weight excluding hydrogens is 98.1 g/mol. The first-order valence-electron chi connectivity index (χ1n) is 2.47. The molecule has 1 heteroatoms. The Kier molecular flexibility index (Phi) is 0.425. The van der Waals surface area contributed by atoms with E-state index in [-0.39, 0.29) is 0 Å². The summed E-state index contributed by atoms with van der Waals surface area (Å²) in [5.41, 5.74) is 3.17. The van der Waals surface area contributed by atoms with Gasteiger partial charge in [-0.2, -0.15) is 5.26 Å². The van der Waals surface area contributed by atoms with Gasteiger partial charge in [-0.1, -0.05) is 18.2 Å². The van der Waals surface area contributed by atoms with Crippen molar-refractivity contribution in [2.75, 3.05) is 0 Å². The van der Waals surface area contributed by atoms with Crippen LogP contribution >= 0.6 is 0 Å². The normalized spacial score (nSPS) is 10.4. The summed E-state index contributed by atoms with van der Waals surface area (Å²) < 4.78 is 0. The molecule has 2 rings (SSSR count). The standard InChI is InChI=1S/C7H3N/c8-4-7-5-2-1-3-6(5)7/h1-3H. The first-order chi connectivity index (χ1) is 3.93. The Bertz CT molecular complexity index is 261. The molecule has 0 bridgehead atoms. The lowest BCUT2D eigenvalue weighted by atomic mass is 10.5. The van der Waals surface area contributed by atoms with Crippen molar-refractivity contribution in [1.82, 2.24) is 0 Å². The van der Waals surface area contributed by atoms with Crippen LogP contribution in [0.25, 0.3) is 11.1 Å². The molecule has 0 atom stereocenters. The van der Waals surface area contributed by atoms with Crippen molar-refractivity contribution in [3.05, 3.63) is 23.8 Å². The summed E-state index contributed by atoms with van der Waals surface area (Å²) in [6, 6.07) is 8.00. The molecule has 0 aromatic heterocycles. The summed E-state index contributed by atoms with van der Waals surface area (Å²) in [5.74, 6) is 0. The summed E-state index contributed by atoms with van der Waals surface area (Å²) >= 11 is 0. The van der Waals surface area contributed by atoms with Gasteiger partial charge in [0.2, 0.25) is 0 Å². The maximum Gasteiger partial charge on any atom is 0.100 e. The Morgan fingerprint density at radius 1 is 1.25 bits per heavy atom. The molecule has 0 spiro atoms. The van der Waals surface area contributed by atoms with E-state index in [4.69, 9.17) is 5.26 Å². The summed E-state index contributed by atoms with van der Waals surface area (Å²) in [6.45, 7) is 0. The van der Waals surface area contributed by atoms with E-state index in [1.165, 1.54) is 0 Å². The van der Waals surface area contributed by atoms with Crippen LogP contribution in [0.1, 0.15) is 5.56 Å². The smallest absolute Gasteiger partial charge is 0.100 e. The molecule has 0 aromatic carbocycles. The van der Waals surface area contributed by atoms with Crippen LogP contribution < -0.4 is 0 Å². The van der Waals surface area contributed by atoms with Crippen LogP contribution in [0.5, 0.6) is 0 Å². The minimum atomic E-state index is 0.882. The predicted octanol–water partition coefficient (Wildman–Crippen LogP) is 1.54. The highest BCUT2D eigenvalue weighted by atomic mass is 14.3. The minimum Gasteiger partial charge on any atom is -0.192 e. The van der Waals surface area contributed by atoms with Crippen LogP contribution in [0.3, 0.4) is 0 Å². The second kappa shape index (κ2) is 0.924. The number of fused-ring (bicyclic) bond motifs is 1. The highest BCUT2D eigenvalue weighted by Crippen LogP contribution is 2.41. The van der Waals surface area contributed by atoms with E-state index in [0.29, 0.717) is 0 Å². The van der Waals surface area contributed by atoms with Crippen molar-refractivity contribution in [3.63, 3.8) is 0 Å². The molecule has 0 amide bonds. The first kappa shape index (κ1) is 3.68. The van der Waals surface area contributed by atoms with Crippen molar-refractivity contribution in [1.29, 1.82) is 5.26 Å². The van der Waals surface area contributed by atoms with Crippen LogP contribution in [0.2, 0.25) is 0 Å². The number of hydrogen-bond donors (Lipinski definition) is 0. The molecular formula is C7H3N. The van der Waals surface area contributed by atoms with Gasteiger partial charge in [0, 0.05) is 11.1 Å². The fourth-order valence-corrected chi connectivity index (χ4v) is 0.924. The second-order valence-corrected chi connectivity index (χ2v) is 1.84. The van der Waals surface area contributed by atoms with Crippen molar-refractivity contribution in [2.24, 2.45) is 0 Å². The van der Waals surface area contributed by atoms with Crippen molar-refractivity contribution >= 4 is 0 Å². The summed E-state index contributed by atoms with van der Waals surface area (Å²) in [4.78, 5) is 0. The third-order valence-corrected chi connectivity index (χ3v) is 1.40. The minimum absolute atomic E-state index is 0.882. The lowest BCUT2D eigenvalue weighted by Crippen LogP contribution is -1.43. The molecule has 0 saturated heterocycles. The molecule has 0 aliphatic heterocycles. The Morgan fingerprint density at radius 2 is 1.88 bits per heavy atom. The quantitative estimate of drug-likeness (QED) is 0.493. The molecule has 0 saturated carbocycles. The number of nitrogens with zero attached hydrogens (tertiary/aromatic N) is 1. The van der Waals surface area contributed by atoms with Crippen LogP contribution in [0, 0.1) is 11.3 Å². The zero-order chi connectivity index (χ0) is 5.56. The number of rotatable bonds is 0. The maximum atomic E-state index is 8.33. The van der Waals surface area contributed by atoms with Crippen LogP contribution in [0.15, 0.2) is 18.2 Å². The van der Waals surface area contributed by atoms with Gasteiger partial charge in [0.1, 0.15) is 6.07 Å². The van der Waals surface area contributed by atoms with Crippen LogP contribution in [-0.2, 0) is 0 Å². The van der Waals surface area contributed by atoms with Gasteiger partial charge in [-0.25, -0.2) is 0 Å².